The number of carboxylic acids is 1. The number of benzene rings is 2. The lowest BCUT2D eigenvalue weighted by Crippen LogP contribution is -2.14. The number of rotatable bonds is 4. The summed E-state index contributed by atoms with van der Waals surface area (Å²) in [5, 5.41) is 8.96. The van der Waals surface area contributed by atoms with E-state index in [1.54, 1.807) is 18.2 Å². The van der Waals surface area contributed by atoms with Gasteiger partial charge < -0.3 is 5.11 Å². The van der Waals surface area contributed by atoms with Gasteiger partial charge in [0.25, 0.3) is 10.0 Å². The zero-order valence-electron chi connectivity index (χ0n) is 10.4. The SMILES string of the molecule is O=C(O)c1cc(S(=O)(=O)Nc2cccc(I)c2)ccc1Cl. The maximum atomic E-state index is 12.2. The first-order chi connectivity index (χ1) is 9.79. The molecule has 2 aromatic rings. The average Bonchev–Trinajstić information content (AvgIpc) is 2.38. The number of aromatic carboxylic acids is 1. The molecule has 0 amide bonds. The van der Waals surface area contributed by atoms with Crippen molar-refractivity contribution in [3.8, 4) is 0 Å². The smallest absolute Gasteiger partial charge is 0.337 e. The number of halogens is 2. The summed E-state index contributed by atoms with van der Waals surface area (Å²) in [7, 11) is -3.88. The standard InChI is InChI=1S/C13H9ClINO4S/c14-12-5-4-10(7-11(12)13(17)18)21(19,20)16-9-3-1-2-8(15)6-9/h1-7,16H,(H,17,18). The fraction of sp³-hybridized carbons (Fsp3) is 0. The van der Waals surface area contributed by atoms with Crippen molar-refractivity contribution < 1.29 is 18.3 Å². The molecule has 110 valence electrons. The summed E-state index contributed by atoms with van der Waals surface area (Å²) in [4.78, 5) is 10.8. The Labute approximate surface area is 140 Å². The van der Waals surface area contributed by atoms with Crippen molar-refractivity contribution in [1.29, 1.82) is 0 Å². The maximum absolute atomic E-state index is 12.2. The van der Waals surface area contributed by atoms with E-state index in [9.17, 15) is 13.2 Å². The van der Waals surface area contributed by atoms with Crippen LogP contribution in [0.4, 0.5) is 5.69 Å². The lowest BCUT2D eigenvalue weighted by atomic mass is 10.2. The number of hydrogen-bond donors (Lipinski definition) is 2. The minimum Gasteiger partial charge on any atom is -0.478 e. The molecular weight excluding hydrogens is 429 g/mol. The number of hydrogen-bond acceptors (Lipinski definition) is 3. The fourth-order valence-electron chi connectivity index (χ4n) is 1.60. The normalized spacial score (nSPS) is 11.1. The van der Waals surface area contributed by atoms with Crippen LogP contribution in [-0.2, 0) is 10.0 Å². The van der Waals surface area contributed by atoms with Gasteiger partial charge in [-0.2, -0.15) is 0 Å². The zero-order chi connectivity index (χ0) is 15.6. The second kappa shape index (κ2) is 6.20. The summed E-state index contributed by atoms with van der Waals surface area (Å²) in [6.07, 6.45) is 0. The Balaban J connectivity index is 2.40. The van der Waals surface area contributed by atoms with E-state index < -0.39 is 16.0 Å². The van der Waals surface area contributed by atoms with Crippen molar-refractivity contribution >= 4 is 55.9 Å². The van der Waals surface area contributed by atoms with Crippen LogP contribution in [0, 0.1) is 3.57 Å². The van der Waals surface area contributed by atoms with Crippen molar-refractivity contribution in [2.75, 3.05) is 4.72 Å². The number of sulfonamides is 1. The molecule has 0 radical (unpaired) electrons. The highest BCUT2D eigenvalue weighted by molar-refractivity contribution is 14.1. The molecular formula is C13H9ClINO4S. The first kappa shape index (κ1) is 16.1. The molecule has 0 unspecified atom stereocenters. The van der Waals surface area contributed by atoms with E-state index in [0.29, 0.717) is 5.69 Å². The molecule has 0 heterocycles. The van der Waals surface area contributed by atoms with Crippen LogP contribution in [0.1, 0.15) is 10.4 Å². The van der Waals surface area contributed by atoms with Crippen LogP contribution < -0.4 is 4.72 Å². The second-order valence-electron chi connectivity index (χ2n) is 4.06. The van der Waals surface area contributed by atoms with E-state index >= 15 is 0 Å². The molecule has 5 nitrogen and oxygen atoms in total. The summed E-state index contributed by atoms with van der Waals surface area (Å²) in [6.45, 7) is 0. The van der Waals surface area contributed by atoms with Gasteiger partial charge in [-0.3, -0.25) is 4.72 Å². The number of carbonyl (C=O) groups is 1. The van der Waals surface area contributed by atoms with E-state index in [4.69, 9.17) is 16.7 Å². The molecule has 2 aromatic carbocycles. The van der Waals surface area contributed by atoms with Gasteiger partial charge in [-0.15, -0.1) is 0 Å². The summed E-state index contributed by atoms with van der Waals surface area (Å²) in [5.41, 5.74) is 0.135. The molecule has 8 heteroatoms. The van der Waals surface area contributed by atoms with Gasteiger partial charge in [-0.1, -0.05) is 17.7 Å². The van der Waals surface area contributed by atoms with E-state index in [2.05, 4.69) is 27.3 Å². The molecule has 2 N–H and O–H groups in total. The van der Waals surface area contributed by atoms with Crippen LogP contribution in [0.5, 0.6) is 0 Å². The van der Waals surface area contributed by atoms with Gasteiger partial charge in [0.2, 0.25) is 0 Å². The van der Waals surface area contributed by atoms with E-state index in [-0.39, 0.29) is 15.5 Å². The largest absolute Gasteiger partial charge is 0.478 e. The third-order valence-corrected chi connectivity index (χ3v) is 4.93. The molecule has 0 aliphatic heterocycles. The van der Waals surface area contributed by atoms with Gasteiger partial charge in [0.1, 0.15) is 0 Å². The van der Waals surface area contributed by atoms with Crippen LogP contribution in [0.3, 0.4) is 0 Å². The highest BCUT2D eigenvalue weighted by Gasteiger charge is 2.18. The van der Waals surface area contributed by atoms with Crippen LogP contribution in [0.2, 0.25) is 5.02 Å². The third kappa shape index (κ3) is 3.86. The minimum atomic E-state index is -3.88. The summed E-state index contributed by atoms with van der Waals surface area (Å²) in [6, 6.07) is 10.3. The van der Waals surface area contributed by atoms with Gasteiger partial charge >= 0.3 is 5.97 Å². The molecule has 0 atom stereocenters. The number of carboxylic acid groups (broad SMARTS) is 1. The molecule has 2 rings (SSSR count). The molecule has 0 aromatic heterocycles. The molecule has 0 aliphatic carbocycles. The minimum absolute atomic E-state index is 0.0179. The van der Waals surface area contributed by atoms with Gasteiger partial charge in [0.15, 0.2) is 0 Å². The summed E-state index contributed by atoms with van der Waals surface area (Å²) < 4.78 is 27.8. The van der Waals surface area contributed by atoms with Crippen molar-refractivity contribution in [1.82, 2.24) is 0 Å². The van der Waals surface area contributed by atoms with Gasteiger partial charge in [-0.25, -0.2) is 13.2 Å². The Hall–Kier alpha value is -1.32. The van der Waals surface area contributed by atoms with Gasteiger partial charge in [0.05, 0.1) is 15.5 Å². The molecule has 0 aliphatic rings. The first-order valence-electron chi connectivity index (χ1n) is 5.61. The lowest BCUT2D eigenvalue weighted by Gasteiger charge is -2.09. The fourth-order valence-corrected chi connectivity index (χ4v) is 3.42. The van der Waals surface area contributed by atoms with Crippen LogP contribution in [0.25, 0.3) is 0 Å². The molecule has 21 heavy (non-hydrogen) atoms. The van der Waals surface area contributed by atoms with E-state index in [1.807, 2.05) is 6.07 Å². The van der Waals surface area contributed by atoms with Crippen LogP contribution in [-0.4, -0.2) is 19.5 Å². The average molecular weight is 438 g/mol. The predicted octanol–water partition coefficient (Wildman–Crippen LogP) is 3.44. The van der Waals surface area contributed by atoms with Gasteiger partial charge in [-0.05, 0) is 59.0 Å². The van der Waals surface area contributed by atoms with Gasteiger partial charge in [0, 0.05) is 9.26 Å². The highest BCUT2D eigenvalue weighted by Crippen LogP contribution is 2.23. The Kier molecular flexibility index (Phi) is 4.74. The Morgan fingerprint density at radius 2 is 1.90 bits per heavy atom. The van der Waals surface area contributed by atoms with Crippen molar-refractivity contribution in [2.45, 2.75) is 4.90 Å². The lowest BCUT2D eigenvalue weighted by molar-refractivity contribution is 0.0697. The monoisotopic (exact) mass is 437 g/mol. The first-order valence-corrected chi connectivity index (χ1v) is 8.55. The second-order valence-corrected chi connectivity index (χ2v) is 7.40. The van der Waals surface area contributed by atoms with E-state index in [1.165, 1.54) is 12.1 Å². The Bertz CT molecular complexity index is 808. The quantitative estimate of drug-likeness (QED) is 0.718. The van der Waals surface area contributed by atoms with E-state index in [0.717, 1.165) is 9.64 Å². The molecule has 0 fully saturated rings. The van der Waals surface area contributed by atoms with Crippen molar-refractivity contribution in [3.63, 3.8) is 0 Å². The molecule has 0 bridgehead atoms. The third-order valence-electron chi connectivity index (χ3n) is 2.56. The predicted molar refractivity (Wildman–Crippen MR) is 88.4 cm³/mol. The summed E-state index contributed by atoms with van der Waals surface area (Å²) in [5.74, 6) is -1.29. The highest BCUT2D eigenvalue weighted by atomic mass is 127. The van der Waals surface area contributed by atoms with Crippen molar-refractivity contribution in [2.24, 2.45) is 0 Å². The van der Waals surface area contributed by atoms with Crippen molar-refractivity contribution in [3.05, 3.63) is 56.6 Å². The maximum Gasteiger partial charge on any atom is 0.337 e. The number of anilines is 1. The molecule has 0 spiro atoms. The molecule has 0 saturated carbocycles. The molecule has 0 saturated heterocycles. The van der Waals surface area contributed by atoms with Crippen LogP contribution in [0.15, 0.2) is 47.4 Å². The Morgan fingerprint density at radius 1 is 1.19 bits per heavy atom. The van der Waals surface area contributed by atoms with Crippen LogP contribution >= 0.6 is 34.2 Å². The Morgan fingerprint density at radius 3 is 2.52 bits per heavy atom. The topological polar surface area (TPSA) is 83.5 Å². The number of nitrogens with one attached hydrogen (secondary N) is 1. The zero-order valence-corrected chi connectivity index (χ0v) is 14.1. The summed E-state index contributed by atoms with van der Waals surface area (Å²) >= 11 is 7.79.